The van der Waals surface area contributed by atoms with Crippen molar-refractivity contribution in [3.63, 3.8) is 0 Å². The monoisotopic (exact) mass is 199 g/mol. The predicted octanol–water partition coefficient (Wildman–Crippen LogP) is 2.62. The summed E-state index contributed by atoms with van der Waals surface area (Å²) in [6, 6.07) is 4.40. The van der Waals surface area contributed by atoms with Crippen LogP contribution in [0.2, 0.25) is 0 Å². The van der Waals surface area contributed by atoms with Crippen LogP contribution < -0.4 is 5.32 Å². The van der Waals surface area contributed by atoms with Crippen molar-refractivity contribution in [1.29, 1.82) is 0 Å². The number of benzene rings is 1. The van der Waals surface area contributed by atoms with E-state index in [0.29, 0.717) is 0 Å². The van der Waals surface area contributed by atoms with E-state index in [4.69, 9.17) is 0 Å². The smallest absolute Gasteiger partial charge is 0.0622 e. The summed E-state index contributed by atoms with van der Waals surface area (Å²) in [5, 5.41) is 10.5. The number of aryl methyl sites for hydroxylation is 2. The Morgan fingerprint density at radius 3 is 3.00 bits per heavy atom. The molecular weight excluding hydrogens is 186 g/mol. The van der Waals surface area contributed by atoms with Crippen LogP contribution in [-0.4, -0.2) is 10.2 Å². The number of H-pyrrole nitrogens is 1. The van der Waals surface area contributed by atoms with Crippen molar-refractivity contribution in [3.05, 3.63) is 35.2 Å². The number of aromatic amines is 1. The van der Waals surface area contributed by atoms with Crippen molar-refractivity contribution in [3.8, 4) is 11.1 Å². The zero-order valence-corrected chi connectivity index (χ0v) is 8.89. The SMILES string of the molecule is Cc1cc(C)c2c(c1)NCc1[nH]ncc1-2. The average molecular weight is 199 g/mol. The maximum absolute atomic E-state index is 4.10. The highest BCUT2D eigenvalue weighted by Gasteiger charge is 2.18. The molecule has 3 heteroatoms. The fourth-order valence-corrected chi connectivity index (χ4v) is 2.31. The summed E-state index contributed by atoms with van der Waals surface area (Å²) in [6.07, 6.45) is 1.91. The molecule has 0 radical (unpaired) electrons. The molecule has 0 bridgehead atoms. The highest BCUT2D eigenvalue weighted by atomic mass is 15.1. The number of hydrogen-bond acceptors (Lipinski definition) is 2. The lowest BCUT2D eigenvalue weighted by molar-refractivity contribution is 0.975. The van der Waals surface area contributed by atoms with Gasteiger partial charge in [-0.15, -0.1) is 0 Å². The van der Waals surface area contributed by atoms with Gasteiger partial charge in [-0.1, -0.05) is 6.07 Å². The quantitative estimate of drug-likeness (QED) is 0.684. The van der Waals surface area contributed by atoms with E-state index in [1.807, 2.05) is 6.20 Å². The number of hydrogen-bond donors (Lipinski definition) is 2. The van der Waals surface area contributed by atoms with E-state index < -0.39 is 0 Å². The molecule has 1 aromatic heterocycles. The number of fused-ring (bicyclic) bond motifs is 3. The van der Waals surface area contributed by atoms with Crippen LogP contribution in [0.4, 0.5) is 5.69 Å². The van der Waals surface area contributed by atoms with Crippen LogP contribution in [0.3, 0.4) is 0 Å². The van der Waals surface area contributed by atoms with Crippen LogP contribution in [0.15, 0.2) is 18.3 Å². The summed E-state index contributed by atoms with van der Waals surface area (Å²) >= 11 is 0. The summed E-state index contributed by atoms with van der Waals surface area (Å²) in [6.45, 7) is 5.11. The number of anilines is 1. The molecule has 76 valence electrons. The lowest BCUT2D eigenvalue weighted by atomic mass is 9.94. The zero-order valence-electron chi connectivity index (χ0n) is 8.89. The lowest BCUT2D eigenvalue weighted by Gasteiger charge is -2.20. The first-order valence-electron chi connectivity index (χ1n) is 5.13. The molecule has 0 saturated carbocycles. The van der Waals surface area contributed by atoms with Crippen molar-refractivity contribution in [2.75, 3.05) is 5.32 Å². The van der Waals surface area contributed by atoms with Crippen molar-refractivity contribution in [2.24, 2.45) is 0 Å². The Labute approximate surface area is 88.5 Å². The first-order chi connectivity index (χ1) is 7.25. The van der Waals surface area contributed by atoms with Gasteiger partial charge >= 0.3 is 0 Å². The van der Waals surface area contributed by atoms with Crippen LogP contribution in [-0.2, 0) is 6.54 Å². The van der Waals surface area contributed by atoms with Crippen molar-refractivity contribution in [2.45, 2.75) is 20.4 Å². The number of rotatable bonds is 0. The van der Waals surface area contributed by atoms with Gasteiger partial charge in [0, 0.05) is 16.8 Å². The third-order valence-electron chi connectivity index (χ3n) is 2.92. The van der Waals surface area contributed by atoms with Crippen LogP contribution in [0.25, 0.3) is 11.1 Å². The van der Waals surface area contributed by atoms with E-state index in [9.17, 15) is 0 Å². The first-order valence-corrected chi connectivity index (χ1v) is 5.13. The van der Waals surface area contributed by atoms with Crippen molar-refractivity contribution in [1.82, 2.24) is 10.2 Å². The zero-order chi connectivity index (χ0) is 10.4. The normalized spacial score (nSPS) is 12.9. The standard InChI is InChI=1S/C12H13N3/c1-7-3-8(2)12-9-5-14-15-11(9)6-13-10(12)4-7/h3-5,13H,6H2,1-2H3,(H,14,15). The molecule has 0 aliphatic carbocycles. The Kier molecular flexibility index (Phi) is 1.63. The minimum absolute atomic E-state index is 0.839. The van der Waals surface area contributed by atoms with Crippen molar-refractivity contribution >= 4 is 5.69 Å². The molecule has 15 heavy (non-hydrogen) atoms. The Hall–Kier alpha value is -1.77. The van der Waals surface area contributed by atoms with Gasteiger partial charge in [0.1, 0.15) is 0 Å². The van der Waals surface area contributed by atoms with Gasteiger partial charge in [0.15, 0.2) is 0 Å². The minimum Gasteiger partial charge on any atom is -0.379 e. The number of nitrogens with one attached hydrogen (secondary N) is 2. The van der Waals surface area contributed by atoms with Crippen LogP contribution in [0, 0.1) is 13.8 Å². The molecule has 1 aliphatic rings. The van der Waals surface area contributed by atoms with E-state index in [2.05, 4.69) is 41.5 Å². The van der Waals surface area contributed by atoms with Gasteiger partial charge < -0.3 is 5.32 Å². The molecule has 2 aromatic rings. The molecule has 1 aliphatic heterocycles. The van der Waals surface area contributed by atoms with E-state index in [0.717, 1.165) is 6.54 Å². The summed E-state index contributed by atoms with van der Waals surface area (Å²) in [7, 11) is 0. The first kappa shape index (κ1) is 8.53. The Bertz CT molecular complexity index is 526. The fourth-order valence-electron chi connectivity index (χ4n) is 2.31. The number of aromatic nitrogens is 2. The number of nitrogens with zero attached hydrogens (tertiary/aromatic N) is 1. The van der Waals surface area contributed by atoms with Crippen LogP contribution in [0.5, 0.6) is 0 Å². The van der Waals surface area contributed by atoms with Gasteiger partial charge in [-0.3, -0.25) is 5.10 Å². The highest BCUT2D eigenvalue weighted by Crippen LogP contribution is 2.37. The summed E-state index contributed by atoms with van der Waals surface area (Å²) in [5.41, 5.74) is 7.53. The van der Waals surface area contributed by atoms with Crippen LogP contribution >= 0.6 is 0 Å². The Morgan fingerprint density at radius 1 is 1.27 bits per heavy atom. The second-order valence-electron chi connectivity index (χ2n) is 4.12. The summed E-state index contributed by atoms with van der Waals surface area (Å²) in [4.78, 5) is 0. The molecule has 0 atom stereocenters. The van der Waals surface area contributed by atoms with Gasteiger partial charge in [0.25, 0.3) is 0 Å². The molecule has 0 spiro atoms. The van der Waals surface area contributed by atoms with E-state index in [-0.39, 0.29) is 0 Å². The van der Waals surface area contributed by atoms with Gasteiger partial charge in [-0.25, -0.2) is 0 Å². The molecule has 0 saturated heterocycles. The largest absolute Gasteiger partial charge is 0.379 e. The molecule has 3 nitrogen and oxygen atoms in total. The second kappa shape index (κ2) is 2.86. The minimum atomic E-state index is 0.839. The molecule has 3 rings (SSSR count). The second-order valence-corrected chi connectivity index (χ2v) is 4.12. The van der Waals surface area contributed by atoms with Gasteiger partial charge in [-0.2, -0.15) is 5.10 Å². The molecule has 2 heterocycles. The molecule has 1 aromatic carbocycles. The topological polar surface area (TPSA) is 40.7 Å². The Balaban J connectivity index is 2.32. The third-order valence-corrected chi connectivity index (χ3v) is 2.92. The summed E-state index contributed by atoms with van der Waals surface area (Å²) in [5.74, 6) is 0. The maximum Gasteiger partial charge on any atom is 0.0622 e. The molecule has 0 fully saturated rings. The highest BCUT2D eigenvalue weighted by molar-refractivity contribution is 5.84. The predicted molar refractivity (Wildman–Crippen MR) is 60.8 cm³/mol. The van der Waals surface area contributed by atoms with E-state index >= 15 is 0 Å². The lowest BCUT2D eigenvalue weighted by Crippen LogP contribution is -2.09. The van der Waals surface area contributed by atoms with Gasteiger partial charge in [-0.05, 0) is 31.0 Å². The van der Waals surface area contributed by atoms with E-state index in [1.165, 1.54) is 33.6 Å². The van der Waals surface area contributed by atoms with E-state index in [1.54, 1.807) is 0 Å². The molecule has 0 unspecified atom stereocenters. The average Bonchev–Trinajstić information content (AvgIpc) is 2.63. The fraction of sp³-hybridized carbons (Fsp3) is 0.250. The van der Waals surface area contributed by atoms with Crippen LogP contribution in [0.1, 0.15) is 16.8 Å². The molecular formula is C12H13N3. The molecule has 2 N–H and O–H groups in total. The van der Waals surface area contributed by atoms with Gasteiger partial charge in [0.05, 0.1) is 18.4 Å². The Morgan fingerprint density at radius 2 is 2.13 bits per heavy atom. The maximum atomic E-state index is 4.10. The summed E-state index contributed by atoms with van der Waals surface area (Å²) < 4.78 is 0. The third kappa shape index (κ3) is 1.16. The van der Waals surface area contributed by atoms with Crippen molar-refractivity contribution < 1.29 is 0 Å². The van der Waals surface area contributed by atoms with Gasteiger partial charge in [0.2, 0.25) is 0 Å². The molecule has 0 amide bonds.